The van der Waals surface area contributed by atoms with Gasteiger partial charge in [0.15, 0.2) is 0 Å². The Morgan fingerprint density at radius 1 is 1.05 bits per heavy atom. The Balaban J connectivity index is 1.67. The van der Waals surface area contributed by atoms with E-state index >= 15 is 0 Å². The van der Waals surface area contributed by atoms with Crippen molar-refractivity contribution in [2.24, 2.45) is 0 Å². The number of ether oxygens (including phenoxy) is 1. The van der Waals surface area contributed by atoms with E-state index in [-0.39, 0.29) is 11.3 Å². The minimum atomic E-state index is -0.947. The van der Waals surface area contributed by atoms with Gasteiger partial charge in [-0.1, -0.05) is 12.1 Å². The molecule has 0 saturated heterocycles. The molecule has 0 unspecified atom stereocenters. The first-order chi connectivity index (χ1) is 10.1. The van der Waals surface area contributed by atoms with Gasteiger partial charge in [0.2, 0.25) is 0 Å². The van der Waals surface area contributed by atoms with Crippen LogP contribution in [0.2, 0.25) is 0 Å². The number of phenolic OH excluding ortho intramolecular Hbond substituents is 1. The molecule has 21 heavy (non-hydrogen) atoms. The number of carbonyl (C=O) groups is 1. The maximum absolute atomic E-state index is 10.7. The number of hydrogen-bond donors (Lipinski definition) is 3. The number of aromatic hydroxyl groups is 1. The van der Waals surface area contributed by atoms with Crippen LogP contribution in [0.1, 0.15) is 15.9 Å². The Morgan fingerprint density at radius 2 is 1.71 bits per heavy atom. The molecule has 0 aliphatic carbocycles. The molecule has 0 radical (unpaired) electrons. The number of carboxylic acid groups (broad SMARTS) is 1. The highest BCUT2D eigenvalue weighted by atomic mass is 16.5. The summed E-state index contributed by atoms with van der Waals surface area (Å²) in [6.07, 6.45) is 0. The summed E-state index contributed by atoms with van der Waals surface area (Å²) in [5.74, 6) is -0.0459. The van der Waals surface area contributed by atoms with Crippen molar-refractivity contribution < 1.29 is 19.7 Å². The van der Waals surface area contributed by atoms with E-state index in [1.54, 1.807) is 24.3 Å². The quantitative estimate of drug-likeness (QED) is 0.681. The molecule has 0 atom stereocenters. The molecule has 5 heteroatoms. The van der Waals surface area contributed by atoms with Crippen molar-refractivity contribution in [2.75, 3.05) is 13.2 Å². The Bertz CT molecular complexity index is 578. The van der Waals surface area contributed by atoms with Crippen molar-refractivity contribution in [1.82, 2.24) is 5.32 Å². The summed E-state index contributed by atoms with van der Waals surface area (Å²) < 4.78 is 5.50. The van der Waals surface area contributed by atoms with Gasteiger partial charge in [-0.3, -0.25) is 0 Å². The molecule has 0 saturated carbocycles. The highest BCUT2D eigenvalue weighted by Gasteiger charge is 2.01. The lowest BCUT2D eigenvalue weighted by Crippen LogP contribution is -2.20. The molecule has 2 aromatic rings. The molecule has 0 aromatic heterocycles. The first-order valence-corrected chi connectivity index (χ1v) is 6.60. The molecule has 0 aliphatic heterocycles. The molecule has 3 N–H and O–H groups in total. The van der Waals surface area contributed by atoms with Crippen LogP contribution in [0.4, 0.5) is 0 Å². The van der Waals surface area contributed by atoms with Gasteiger partial charge >= 0.3 is 5.97 Å². The topological polar surface area (TPSA) is 78.8 Å². The van der Waals surface area contributed by atoms with Crippen LogP contribution in [-0.2, 0) is 6.54 Å². The number of carboxylic acids is 1. The monoisotopic (exact) mass is 287 g/mol. The van der Waals surface area contributed by atoms with Crippen LogP contribution in [0.5, 0.6) is 11.5 Å². The Labute approximate surface area is 122 Å². The normalized spacial score (nSPS) is 10.3. The largest absolute Gasteiger partial charge is 0.508 e. The molecule has 0 aliphatic rings. The third-order valence-electron chi connectivity index (χ3n) is 2.91. The fraction of sp³-hybridized carbons (Fsp3) is 0.188. The van der Waals surface area contributed by atoms with Crippen LogP contribution in [0.15, 0.2) is 48.5 Å². The van der Waals surface area contributed by atoms with E-state index in [0.29, 0.717) is 25.4 Å². The summed E-state index contributed by atoms with van der Waals surface area (Å²) >= 11 is 0. The van der Waals surface area contributed by atoms with E-state index in [2.05, 4.69) is 5.32 Å². The Hall–Kier alpha value is -2.53. The van der Waals surface area contributed by atoms with Crippen LogP contribution in [0, 0.1) is 0 Å². The molecule has 5 nitrogen and oxygen atoms in total. The van der Waals surface area contributed by atoms with Gasteiger partial charge in [0.1, 0.15) is 18.1 Å². The maximum Gasteiger partial charge on any atom is 0.335 e. The molecule has 0 amide bonds. The minimum absolute atomic E-state index is 0.243. The Morgan fingerprint density at radius 3 is 2.33 bits per heavy atom. The number of benzene rings is 2. The fourth-order valence-electron chi connectivity index (χ4n) is 1.78. The van der Waals surface area contributed by atoms with Gasteiger partial charge in [-0.2, -0.15) is 0 Å². The van der Waals surface area contributed by atoms with Crippen molar-refractivity contribution in [3.05, 3.63) is 59.7 Å². The Kier molecular flexibility index (Phi) is 5.17. The van der Waals surface area contributed by atoms with Crippen LogP contribution in [-0.4, -0.2) is 29.3 Å². The van der Waals surface area contributed by atoms with Gasteiger partial charge < -0.3 is 20.3 Å². The molecule has 0 bridgehead atoms. The highest BCUT2D eigenvalue weighted by Crippen LogP contribution is 2.12. The third-order valence-corrected chi connectivity index (χ3v) is 2.91. The van der Waals surface area contributed by atoms with Crippen LogP contribution in [0.3, 0.4) is 0 Å². The smallest absolute Gasteiger partial charge is 0.335 e. The van der Waals surface area contributed by atoms with Crippen molar-refractivity contribution >= 4 is 5.97 Å². The number of aromatic carboxylic acids is 1. The number of phenols is 1. The van der Waals surface area contributed by atoms with Gasteiger partial charge in [0.05, 0.1) is 5.56 Å². The molecule has 2 rings (SSSR count). The highest BCUT2D eigenvalue weighted by molar-refractivity contribution is 5.87. The summed E-state index contributed by atoms with van der Waals surface area (Å²) in [6, 6.07) is 13.3. The van der Waals surface area contributed by atoms with Gasteiger partial charge in [-0.15, -0.1) is 0 Å². The number of hydrogen-bond acceptors (Lipinski definition) is 4. The second kappa shape index (κ2) is 7.31. The first-order valence-electron chi connectivity index (χ1n) is 6.60. The first kappa shape index (κ1) is 14.9. The lowest BCUT2D eigenvalue weighted by Gasteiger charge is -2.08. The number of rotatable bonds is 7. The molecule has 110 valence electrons. The SMILES string of the molecule is O=C(O)c1ccc(OCCNCc2ccc(O)cc2)cc1. The predicted molar refractivity (Wildman–Crippen MR) is 78.7 cm³/mol. The molecular formula is C16H17NO4. The number of nitrogens with one attached hydrogen (secondary N) is 1. The lowest BCUT2D eigenvalue weighted by atomic mass is 10.2. The van der Waals surface area contributed by atoms with E-state index in [9.17, 15) is 4.79 Å². The second-order valence-electron chi connectivity index (χ2n) is 4.52. The molecule has 0 spiro atoms. The standard InChI is InChI=1S/C16H17NO4/c18-14-5-1-12(2-6-14)11-17-9-10-21-15-7-3-13(4-8-15)16(19)20/h1-8,17-18H,9-11H2,(H,19,20). The molecule has 2 aromatic carbocycles. The van der Waals surface area contributed by atoms with Crippen molar-refractivity contribution in [1.29, 1.82) is 0 Å². The molecule has 0 heterocycles. The van der Waals surface area contributed by atoms with Crippen molar-refractivity contribution in [2.45, 2.75) is 6.54 Å². The van der Waals surface area contributed by atoms with Gasteiger partial charge in [-0.25, -0.2) is 4.79 Å². The van der Waals surface area contributed by atoms with Crippen LogP contribution in [0.25, 0.3) is 0 Å². The van der Waals surface area contributed by atoms with Crippen molar-refractivity contribution in [3.63, 3.8) is 0 Å². The lowest BCUT2D eigenvalue weighted by molar-refractivity contribution is 0.0697. The second-order valence-corrected chi connectivity index (χ2v) is 4.52. The van der Waals surface area contributed by atoms with E-state index < -0.39 is 5.97 Å². The summed E-state index contributed by atoms with van der Waals surface area (Å²) in [4.78, 5) is 10.7. The average Bonchev–Trinajstić information content (AvgIpc) is 2.49. The van der Waals surface area contributed by atoms with E-state index in [1.165, 1.54) is 12.1 Å². The zero-order valence-corrected chi connectivity index (χ0v) is 11.5. The predicted octanol–water partition coefficient (Wildman–Crippen LogP) is 2.26. The van der Waals surface area contributed by atoms with Crippen LogP contribution >= 0.6 is 0 Å². The van der Waals surface area contributed by atoms with Gasteiger partial charge in [0.25, 0.3) is 0 Å². The van der Waals surface area contributed by atoms with Gasteiger partial charge in [0, 0.05) is 13.1 Å². The summed E-state index contributed by atoms with van der Waals surface area (Å²) in [5, 5.41) is 21.2. The summed E-state index contributed by atoms with van der Waals surface area (Å²) in [6.45, 7) is 1.85. The third kappa shape index (κ3) is 4.81. The zero-order valence-electron chi connectivity index (χ0n) is 11.5. The zero-order chi connectivity index (χ0) is 15.1. The maximum atomic E-state index is 10.7. The van der Waals surface area contributed by atoms with E-state index in [1.807, 2.05) is 12.1 Å². The van der Waals surface area contributed by atoms with E-state index in [0.717, 1.165) is 5.56 Å². The van der Waals surface area contributed by atoms with E-state index in [4.69, 9.17) is 14.9 Å². The van der Waals surface area contributed by atoms with Crippen LogP contribution < -0.4 is 10.1 Å². The molecule has 0 fully saturated rings. The minimum Gasteiger partial charge on any atom is -0.508 e. The van der Waals surface area contributed by atoms with Gasteiger partial charge in [-0.05, 0) is 42.0 Å². The summed E-state index contributed by atoms with van der Waals surface area (Å²) in [5.41, 5.74) is 1.33. The fourth-order valence-corrected chi connectivity index (χ4v) is 1.78. The molecular weight excluding hydrogens is 270 g/mol. The van der Waals surface area contributed by atoms with Crippen molar-refractivity contribution in [3.8, 4) is 11.5 Å². The summed E-state index contributed by atoms with van der Waals surface area (Å²) in [7, 11) is 0. The average molecular weight is 287 g/mol.